The van der Waals surface area contributed by atoms with E-state index < -0.39 is 0 Å². The van der Waals surface area contributed by atoms with Crippen LogP contribution < -0.4 is 5.32 Å². The number of nitrogens with zero attached hydrogens (tertiary/aromatic N) is 4. The number of anilines is 2. The van der Waals surface area contributed by atoms with Gasteiger partial charge in [-0.1, -0.05) is 0 Å². The lowest BCUT2D eigenvalue weighted by molar-refractivity contribution is 1.11. The van der Waals surface area contributed by atoms with Crippen LogP contribution in [0.1, 0.15) is 0 Å². The number of rotatable bonds is 2. The molecule has 3 N–H and O–H groups in total. The second-order valence-corrected chi connectivity index (χ2v) is 5.31. The standard InChI is InChI=1S/C16H11N7/c1-2-10(5-13-9(1)6-18-22-13)20-16-15-12(7-19-23-15)11-3-4-17-8-14(11)21-16/h1-8H,(H,18,22)(H,19,23)(H,20,21). The maximum Gasteiger partial charge on any atom is 0.157 e. The van der Waals surface area contributed by atoms with E-state index in [4.69, 9.17) is 0 Å². The largest absolute Gasteiger partial charge is 0.338 e. The summed E-state index contributed by atoms with van der Waals surface area (Å²) in [6, 6.07) is 7.95. The van der Waals surface area contributed by atoms with Gasteiger partial charge in [-0.05, 0) is 24.3 Å². The molecule has 0 unspecified atom stereocenters. The van der Waals surface area contributed by atoms with Gasteiger partial charge in [0.05, 0.1) is 29.6 Å². The molecule has 4 heterocycles. The molecule has 4 aromatic heterocycles. The third-order valence-electron chi connectivity index (χ3n) is 3.90. The highest BCUT2D eigenvalue weighted by molar-refractivity contribution is 6.08. The van der Waals surface area contributed by atoms with Crippen molar-refractivity contribution in [2.24, 2.45) is 0 Å². The van der Waals surface area contributed by atoms with Gasteiger partial charge in [0, 0.05) is 28.0 Å². The minimum atomic E-state index is 0.719. The first-order valence-corrected chi connectivity index (χ1v) is 7.15. The molecule has 0 spiro atoms. The predicted molar refractivity (Wildman–Crippen MR) is 88.6 cm³/mol. The monoisotopic (exact) mass is 301 g/mol. The molecular formula is C16H11N7. The summed E-state index contributed by atoms with van der Waals surface area (Å²) in [6.45, 7) is 0. The molecule has 5 aromatic rings. The molecule has 0 saturated carbocycles. The summed E-state index contributed by atoms with van der Waals surface area (Å²) >= 11 is 0. The fraction of sp³-hybridized carbons (Fsp3) is 0. The predicted octanol–water partition coefficient (Wildman–Crippen LogP) is 3.13. The number of fused-ring (bicyclic) bond motifs is 4. The van der Waals surface area contributed by atoms with Gasteiger partial charge in [0.25, 0.3) is 0 Å². The van der Waals surface area contributed by atoms with Crippen LogP contribution in [0.3, 0.4) is 0 Å². The van der Waals surface area contributed by atoms with Crippen molar-refractivity contribution < 1.29 is 0 Å². The zero-order chi connectivity index (χ0) is 15.2. The van der Waals surface area contributed by atoms with Crippen LogP contribution in [0, 0.1) is 0 Å². The first-order chi connectivity index (χ1) is 11.4. The average molecular weight is 301 g/mol. The van der Waals surface area contributed by atoms with Crippen LogP contribution in [-0.2, 0) is 0 Å². The van der Waals surface area contributed by atoms with Crippen molar-refractivity contribution in [3.63, 3.8) is 0 Å². The lowest BCUT2D eigenvalue weighted by Gasteiger charge is -2.08. The number of hydrogen-bond donors (Lipinski definition) is 3. The summed E-state index contributed by atoms with van der Waals surface area (Å²) in [5.41, 5.74) is 3.59. The number of benzene rings is 1. The topological polar surface area (TPSA) is 95.2 Å². The van der Waals surface area contributed by atoms with E-state index in [1.807, 2.05) is 30.5 Å². The minimum Gasteiger partial charge on any atom is -0.338 e. The van der Waals surface area contributed by atoms with E-state index in [0.717, 1.165) is 44.2 Å². The summed E-state index contributed by atoms with van der Waals surface area (Å²) < 4.78 is 0. The van der Waals surface area contributed by atoms with Gasteiger partial charge in [0.2, 0.25) is 0 Å². The molecule has 0 aliphatic rings. The Labute approximate surface area is 129 Å². The average Bonchev–Trinajstić information content (AvgIpc) is 3.24. The Morgan fingerprint density at radius 1 is 0.913 bits per heavy atom. The van der Waals surface area contributed by atoms with E-state index in [1.54, 1.807) is 18.6 Å². The van der Waals surface area contributed by atoms with Gasteiger partial charge in [-0.25, -0.2) is 4.98 Å². The van der Waals surface area contributed by atoms with Gasteiger partial charge in [-0.3, -0.25) is 15.2 Å². The molecule has 0 bridgehead atoms. The summed E-state index contributed by atoms with van der Waals surface area (Å²) in [7, 11) is 0. The zero-order valence-corrected chi connectivity index (χ0v) is 11.9. The van der Waals surface area contributed by atoms with Crippen LogP contribution in [0.25, 0.3) is 32.7 Å². The highest BCUT2D eigenvalue weighted by atomic mass is 15.1. The van der Waals surface area contributed by atoms with E-state index in [1.165, 1.54) is 0 Å². The summed E-state index contributed by atoms with van der Waals surface area (Å²) in [5, 5.41) is 20.6. The Balaban J connectivity index is 1.70. The Morgan fingerprint density at radius 3 is 2.87 bits per heavy atom. The Kier molecular flexibility index (Phi) is 2.37. The van der Waals surface area contributed by atoms with Gasteiger partial charge >= 0.3 is 0 Å². The van der Waals surface area contributed by atoms with Crippen molar-refractivity contribution in [3.05, 3.63) is 49.1 Å². The normalized spacial score (nSPS) is 11.5. The maximum atomic E-state index is 4.67. The number of hydrogen-bond acceptors (Lipinski definition) is 5. The molecule has 5 rings (SSSR count). The zero-order valence-electron chi connectivity index (χ0n) is 11.9. The lowest BCUT2D eigenvalue weighted by Crippen LogP contribution is -1.96. The molecule has 0 fully saturated rings. The third kappa shape index (κ3) is 1.83. The second kappa shape index (κ2) is 4.51. The fourth-order valence-electron chi connectivity index (χ4n) is 2.79. The van der Waals surface area contributed by atoms with E-state index >= 15 is 0 Å². The molecular weight excluding hydrogens is 290 g/mol. The molecule has 0 aliphatic carbocycles. The number of pyridine rings is 2. The third-order valence-corrected chi connectivity index (χ3v) is 3.90. The smallest absolute Gasteiger partial charge is 0.157 e. The van der Waals surface area contributed by atoms with Crippen molar-refractivity contribution in [2.75, 3.05) is 5.32 Å². The maximum absolute atomic E-state index is 4.67. The van der Waals surface area contributed by atoms with Gasteiger partial charge in [0.1, 0.15) is 5.52 Å². The SMILES string of the molecule is c1cc2c(cn1)nc(Nc1ccc3cn[nH]c3c1)c1[nH]ncc12. The Morgan fingerprint density at radius 2 is 1.87 bits per heavy atom. The van der Waals surface area contributed by atoms with E-state index in [-0.39, 0.29) is 0 Å². The Bertz CT molecular complexity index is 1150. The van der Waals surface area contributed by atoms with Crippen molar-refractivity contribution in [1.29, 1.82) is 0 Å². The summed E-state index contributed by atoms with van der Waals surface area (Å²) in [5.74, 6) is 0.719. The first kappa shape index (κ1) is 12.1. The van der Waals surface area contributed by atoms with Crippen molar-refractivity contribution >= 4 is 44.2 Å². The minimum absolute atomic E-state index is 0.719. The lowest BCUT2D eigenvalue weighted by atomic mass is 10.2. The summed E-state index contributed by atoms with van der Waals surface area (Å²) in [4.78, 5) is 8.82. The van der Waals surface area contributed by atoms with E-state index in [9.17, 15) is 0 Å². The number of aromatic amines is 2. The molecule has 23 heavy (non-hydrogen) atoms. The first-order valence-electron chi connectivity index (χ1n) is 7.15. The van der Waals surface area contributed by atoms with Crippen molar-refractivity contribution in [2.45, 2.75) is 0 Å². The molecule has 0 atom stereocenters. The summed E-state index contributed by atoms with van der Waals surface area (Å²) in [6.07, 6.45) is 7.12. The quantitative estimate of drug-likeness (QED) is 0.465. The highest BCUT2D eigenvalue weighted by Gasteiger charge is 2.10. The molecule has 110 valence electrons. The Hall–Kier alpha value is -3.48. The van der Waals surface area contributed by atoms with Crippen LogP contribution in [0.5, 0.6) is 0 Å². The molecule has 0 radical (unpaired) electrons. The molecule has 0 aliphatic heterocycles. The highest BCUT2D eigenvalue weighted by Crippen LogP contribution is 2.29. The van der Waals surface area contributed by atoms with Crippen molar-refractivity contribution in [3.8, 4) is 0 Å². The van der Waals surface area contributed by atoms with Crippen LogP contribution in [0.2, 0.25) is 0 Å². The van der Waals surface area contributed by atoms with Crippen LogP contribution in [0.15, 0.2) is 49.1 Å². The van der Waals surface area contributed by atoms with Crippen LogP contribution in [-0.4, -0.2) is 30.4 Å². The molecule has 0 saturated heterocycles. The van der Waals surface area contributed by atoms with E-state index in [2.05, 4.69) is 35.7 Å². The second-order valence-electron chi connectivity index (χ2n) is 5.31. The fourth-order valence-corrected chi connectivity index (χ4v) is 2.79. The number of nitrogens with one attached hydrogen (secondary N) is 3. The molecule has 0 amide bonds. The van der Waals surface area contributed by atoms with E-state index in [0.29, 0.717) is 0 Å². The van der Waals surface area contributed by atoms with Gasteiger partial charge in [-0.2, -0.15) is 10.2 Å². The van der Waals surface area contributed by atoms with Gasteiger partial charge < -0.3 is 5.32 Å². The molecule has 7 nitrogen and oxygen atoms in total. The van der Waals surface area contributed by atoms with Crippen LogP contribution in [0.4, 0.5) is 11.5 Å². The van der Waals surface area contributed by atoms with Gasteiger partial charge in [0.15, 0.2) is 5.82 Å². The number of aromatic nitrogens is 6. The number of H-pyrrole nitrogens is 2. The van der Waals surface area contributed by atoms with Gasteiger partial charge in [-0.15, -0.1) is 0 Å². The molecule has 7 heteroatoms. The molecule has 1 aromatic carbocycles. The van der Waals surface area contributed by atoms with Crippen LogP contribution >= 0.6 is 0 Å². The van der Waals surface area contributed by atoms with Crippen molar-refractivity contribution in [1.82, 2.24) is 30.4 Å².